The fourth-order valence-electron chi connectivity index (χ4n) is 2.03. The molecule has 0 amide bonds. The van der Waals surface area contributed by atoms with Gasteiger partial charge in [-0.1, -0.05) is 6.92 Å². The monoisotopic (exact) mass is 293 g/mol. The van der Waals surface area contributed by atoms with Gasteiger partial charge in [0, 0.05) is 19.6 Å². The molecule has 1 heterocycles. The standard InChI is InChI=1S/C11H23N3O4S/c1-2-12-6-3-7-13-19(17,18)14-8-4-10(5-9-14)11(15)16/h10,12-13H,2-9H2,1H3,(H,15,16). The van der Waals surface area contributed by atoms with E-state index in [1.54, 1.807) is 0 Å². The van der Waals surface area contributed by atoms with Crippen LogP contribution in [0.15, 0.2) is 0 Å². The highest BCUT2D eigenvalue weighted by molar-refractivity contribution is 7.87. The number of rotatable bonds is 8. The molecule has 1 saturated heterocycles. The summed E-state index contributed by atoms with van der Waals surface area (Å²) >= 11 is 0. The van der Waals surface area contributed by atoms with E-state index in [-0.39, 0.29) is 13.1 Å². The summed E-state index contributed by atoms with van der Waals surface area (Å²) in [6, 6.07) is 0. The highest BCUT2D eigenvalue weighted by Gasteiger charge is 2.30. The van der Waals surface area contributed by atoms with Crippen LogP contribution >= 0.6 is 0 Å². The number of hydrogen-bond donors (Lipinski definition) is 3. The Balaban J connectivity index is 2.32. The average Bonchev–Trinajstić information content (AvgIpc) is 2.38. The number of piperidine rings is 1. The van der Waals surface area contributed by atoms with E-state index in [1.807, 2.05) is 6.92 Å². The van der Waals surface area contributed by atoms with E-state index in [9.17, 15) is 13.2 Å². The van der Waals surface area contributed by atoms with Crippen LogP contribution in [-0.4, -0.2) is 56.5 Å². The van der Waals surface area contributed by atoms with Crippen LogP contribution in [0.3, 0.4) is 0 Å². The second kappa shape index (κ2) is 7.78. The predicted molar refractivity (Wildman–Crippen MR) is 72.0 cm³/mol. The van der Waals surface area contributed by atoms with Crippen LogP contribution in [0.4, 0.5) is 0 Å². The first-order chi connectivity index (χ1) is 8.97. The Morgan fingerprint density at radius 2 is 1.95 bits per heavy atom. The van der Waals surface area contributed by atoms with Gasteiger partial charge in [0.25, 0.3) is 10.2 Å². The van der Waals surface area contributed by atoms with E-state index in [1.165, 1.54) is 4.31 Å². The Bertz CT molecular complexity index is 377. The fourth-order valence-corrected chi connectivity index (χ4v) is 3.30. The summed E-state index contributed by atoms with van der Waals surface area (Å²) in [5.74, 6) is -1.25. The summed E-state index contributed by atoms with van der Waals surface area (Å²) in [5.41, 5.74) is 0. The summed E-state index contributed by atoms with van der Waals surface area (Å²) in [4.78, 5) is 10.8. The molecule has 0 aromatic carbocycles. The molecule has 0 unspecified atom stereocenters. The van der Waals surface area contributed by atoms with Gasteiger partial charge < -0.3 is 10.4 Å². The second-order valence-corrected chi connectivity index (χ2v) is 6.37. The highest BCUT2D eigenvalue weighted by Crippen LogP contribution is 2.18. The van der Waals surface area contributed by atoms with Gasteiger partial charge in [-0.05, 0) is 32.4 Å². The fraction of sp³-hybridized carbons (Fsp3) is 0.909. The van der Waals surface area contributed by atoms with Gasteiger partial charge in [-0.15, -0.1) is 0 Å². The molecular weight excluding hydrogens is 270 g/mol. The van der Waals surface area contributed by atoms with Crippen molar-refractivity contribution >= 4 is 16.2 Å². The summed E-state index contributed by atoms with van der Waals surface area (Å²) in [6.45, 7) is 4.60. The number of nitrogens with one attached hydrogen (secondary N) is 2. The lowest BCUT2D eigenvalue weighted by Crippen LogP contribution is -2.46. The Morgan fingerprint density at radius 1 is 1.32 bits per heavy atom. The molecule has 0 saturated carbocycles. The molecule has 3 N–H and O–H groups in total. The van der Waals surface area contributed by atoms with E-state index in [0.717, 1.165) is 19.5 Å². The van der Waals surface area contributed by atoms with Gasteiger partial charge in [0.2, 0.25) is 0 Å². The van der Waals surface area contributed by atoms with Gasteiger partial charge in [-0.25, -0.2) is 4.72 Å². The molecule has 0 bridgehead atoms. The van der Waals surface area contributed by atoms with Crippen molar-refractivity contribution in [2.24, 2.45) is 5.92 Å². The van der Waals surface area contributed by atoms with Crippen molar-refractivity contribution in [3.05, 3.63) is 0 Å². The maximum absolute atomic E-state index is 11.9. The minimum absolute atomic E-state index is 0.277. The third-order valence-corrected chi connectivity index (χ3v) is 4.82. The number of carbonyl (C=O) groups is 1. The first kappa shape index (κ1) is 16.4. The number of carboxylic acid groups (broad SMARTS) is 1. The zero-order valence-corrected chi connectivity index (χ0v) is 12.1. The maximum atomic E-state index is 11.9. The zero-order valence-electron chi connectivity index (χ0n) is 11.3. The Morgan fingerprint density at radius 3 is 2.47 bits per heavy atom. The van der Waals surface area contributed by atoms with Gasteiger partial charge in [-0.3, -0.25) is 4.79 Å². The third kappa shape index (κ3) is 5.43. The van der Waals surface area contributed by atoms with Crippen molar-refractivity contribution in [3.63, 3.8) is 0 Å². The van der Waals surface area contributed by atoms with Gasteiger partial charge >= 0.3 is 5.97 Å². The van der Waals surface area contributed by atoms with Crippen molar-refractivity contribution in [2.75, 3.05) is 32.7 Å². The van der Waals surface area contributed by atoms with Crippen molar-refractivity contribution in [1.82, 2.24) is 14.3 Å². The summed E-state index contributed by atoms with van der Waals surface area (Å²) in [7, 11) is -3.46. The highest BCUT2D eigenvalue weighted by atomic mass is 32.2. The lowest BCUT2D eigenvalue weighted by Gasteiger charge is -2.29. The lowest BCUT2D eigenvalue weighted by molar-refractivity contribution is -0.142. The van der Waals surface area contributed by atoms with E-state index in [0.29, 0.717) is 19.4 Å². The third-order valence-electron chi connectivity index (χ3n) is 3.21. The number of nitrogens with zero attached hydrogens (tertiary/aromatic N) is 1. The second-order valence-electron chi connectivity index (χ2n) is 4.62. The van der Waals surface area contributed by atoms with Crippen molar-refractivity contribution in [3.8, 4) is 0 Å². The van der Waals surface area contributed by atoms with E-state index < -0.39 is 22.1 Å². The molecule has 7 nitrogen and oxygen atoms in total. The predicted octanol–water partition coefficient (Wildman–Crippen LogP) is -0.383. The normalized spacial score (nSPS) is 18.6. The molecule has 19 heavy (non-hydrogen) atoms. The van der Waals surface area contributed by atoms with Crippen molar-refractivity contribution in [1.29, 1.82) is 0 Å². The Labute approximate surface area is 114 Å². The molecule has 0 radical (unpaired) electrons. The van der Waals surface area contributed by atoms with Crippen LogP contribution in [0.25, 0.3) is 0 Å². The summed E-state index contributed by atoms with van der Waals surface area (Å²) in [5, 5.41) is 12.0. The molecule has 0 atom stereocenters. The minimum Gasteiger partial charge on any atom is -0.481 e. The van der Waals surface area contributed by atoms with E-state index >= 15 is 0 Å². The SMILES string of the molecule is CCNCCCNS(=O)(=O)N1CCC(C(=O)O)CC1. The number of aliphatic carboxylic acids is 1. The molecule has 1 aliphatic heterocycles. The topological polar surface area (TPSA) is 98.7 Å². The lowest BCUT2D eigenvalue weighted by atomic mass is 9.99. The van der Waals surface area contributed by atoms with E-state index in [2.05, 4.69) is 10.0 Å². The summed E-state index contributed by atoms with van der Waals surface area (Å²) in [6.07, 6.45) is 1.50. The number of carboxylic acids is 1. The number of hydrogen-bond acceptors (Lipinski definition) is 4. The smallest absolute Gasteiger partial charge is 0.306 e. The summed E-state index contributed by atoms with van der Waals surface area (Å²) < 4.78 is 27.8. The molecule has 0 aliphatic carbocycles. The van der Waals surface area contributed by atoms with Crippen molar-refractivity contribution < 1.29 is 18.3 Å². The van der Waals surface area contributed by atoms with Crippen molar-refractivity contribution in [2.45, 2.75) is 26.2 Å². The van der Waals surface area contributed by atoms with Crippen LogP contribution in [0.1, 0.15) is 26.2 Å². The molecule has 0 aromatic rings. The Kier molecular flexibility index (Phi) is 6.70. The first-order valence-electron chi connectivity index (χ1n) is 6.65. The van der Waals surface area contributed by atoms with Gasteiger partial charge in [0.15, 0.2) is 0 Å². The molecule has 1 fully saturated rings. The quantitative estimate of drug-likeness (QED) is 0.530. The first-order valence-corrected chi connectivity index (χ1v) is 8.09. The van der Waals surface area contributed by atoms with Crippen LogP contribution < -0.4 is 10.0 Å². The van der Waals surface area contributed by atoms with Gasteiger partial charge in [0.1, 0.15) is 0 Å². The zero-order chi connectivity index (χ0) is 14.3. The van der Waals surface area contributed by atoms with E-state index in [4.69, 9.17) is 5.11 Å². The van der Waals surface area contributed by atoms with Crippen LogP contribution in [-0.2, 0) is 15.0 Å². The average molecular weight is 293 g/mol. The van der Waals surface area contributed by atoms with Gasteiger partial charge in [0.05, 0.1) is 5.92 Å². The van der Waals surface area contributed by atoms with Crippen LogP contribution in [0, 0.1) is 5.92 Å². The van der Waals surface area contributed by atoms with Gasteiger partial charge in [-0.2, -0.15) is 12.7 Å². The molecule has 0 spiro atoms. The largest absolute Gasteiger partial charge is 0.481 e. The van der Waals surface area contributed by atoms with Crippen LogP contribution in [0.5, 0.6) is 0 Å². The molecule has 8 heteroatoms. The molecular formula is C11H23N3O4S. The molecule has 112 valence electrons. The Hall–Kier alpha value is -0.700. The minimum atomic E-state index is -3.46. The molecule has 1 rings (SSSR count). The van der Waals surface area contributed by atoms with Crippen LogP contribution in [0.2, 0.25) is 0 Å². The molecule has 0 aromatic heterocycles. The molecule has 1 aliphatic rings. The maximum Gasteiger partial charge on any atom is 0.306 e.